The average Bonchev–Trinajstić information content (AvgIpc) is 2.37. The van der Waals surface area contributed by atoms with Crippen molar-refractivity contribution in [3.63, 3.8) is 0 Å². The Kier molecular flexibility index (Phi) is 10.3. The van der Waals surface area contributed by atoms with E-state index < -0.39 is 0 Å². The number of rotatable bonds is 8. The summed E-state index contributed by atoms with van der Waals surface area (Å²) in [5, 5.41) is 5.73. The molecule has 0 aliphatic carbocycles. The highest BCUT2D eigenvalue weighted by molar-refractivity contribution is 5.85. The standard InChI is InChI=1S/C13H20N2O2.ClH/c1-14-8-7-13(16)15-9-10-17-11-12-5-3-2-4-6-12;/h2-6,14H,7-11H2,1H3,(H,15,16);1H. The van der Waals surface area contributed by atoms with Crippen molar-refractivity contribution in [3.05, 3.63) is 35.9 Å². The molecule has 1 amide bonds. The largest absolute Gasteiger partial charge is 0.375 e. The molecule has 5 heteroatoms. The van der Waals surface area contributed by atoms with E-state index in [1.807, 2.05) is 37.4 Å². The summed E-state index contributed by atoms with van der Waals surface area (Å²) in [6.45, 7) is 2.40. The summed E-state index contributed by atoms with van der Waals surface area (Å²) in [5.41, 5.74) is 1.15. The molecule has 0 aliphatic rings. The molecule has 102 valence electrons. The third kappa shape index (κ3) is 8.06. The maximum absolute atomic E-state index is 11.2. The minimum atomic E-state index is 0. The Bertz CT molecular complexity index is 320. The van der Waals surface area contributed by atoms with Gasteiger partial charge in [-0.1, -0.05) is 30.3 Å². The molecular weight excluding hydrogens is 252 g/mol. The summed E-state index contributed by atoms with van der Waals surface area (Å²) in [6.07, 6.45) is 0.509. The predicted molar refractivity (Wildman–Crippen MR) is 74.9 cm³/mol. The number of ether oxygens (including phenoxy) is 1. The van der Waals surface area contributed by atoms with E-state index in [2.05, 4.69) is 10.6 Å². The molecule has 0 atom stereocenters. The van der Waals surface area contributed by atoms with Crippen molar-refractivity contribution in [1.82, 2.24) is 10.6 Å². The average molecular weight is 273 g/mol. The molecule has 2 N–H and O–H groups in total. The molecule has 0 bridgehead atoms. The first-order valence-electron chi connectivity index (χ1n) is 5.86. The van der Waals surface area contributed by atoms with Gasteiger partial charge in [-0.15, -0.1) is 12.4 Å². The number of benzene rings is 1. The van der Waals surface area contributed by atoms with Crippen LogP contribution in [-0.4, -0.2) is 32.7 Å². The van der Waals surface area contributed by atoms with Crippen molar-refractivity contribution < 1.29 is 9.53 Å². The first-order valence-corrected chi connectivity index (χ1v) is 5.86. The normalized spacial score (nSPS) is 9.61. The SMILES string of the molecule is CNCCC(=O)NCCOCc1ccccc1.Cl. The van der Waals surface area contributed by atoms with E-state index in [-0.39, 0.29) is 18.3 Å². The smallest absolute Gasteiger partial charge is 0.221 e. The summed E-state index contributed by atoms with van der Waals surface area (Å²) < 4.78 is 5.44. The van der Waals surface area contributed by atoms with Crippen LogP contribution in [0.2, 0.25) is 0 Å². The maximum atomic E-state index is 11.2. The van der Waals surface area contributed by atoms with Gasteiger partial charge < -0.3 is 15.4 Å². The summed E-state index contributed by atoms with van der Waals surface area (Å²) in [4.78, 5) is 11.2. The molecule has 0 saturated heterocycles. The van der Waals surface area contributed by atoms with Crippen molar-refractivity contribution in [3.8, 4) is 0 Å². The number of halogens is 1. The number of carbonyl (C=O) groups excluding carboxylic acids is 1. The topological polar surface area (TPSA) is 50.4 Å². The van der Waals surface area contributed by atoms with Crippen LogP contribution in [0.25, 0.3) is 0 Å². The summed E-state index contributed by atoms with van der Waals surface area (Å²) in [5.74, 6) is 0.0580. The molecule has 0 aliphatic heterocycles. The molecular formula is C13H21ClN2O2. The van der Waals surface area contributed by atoms with Gasteiger partial charge in [0.1, 0.15) is 0 Å². The molecule has 0 radical (unpaired) electrons. The van der Waals surface area contributed by atoms with Crippen LogP contribution in [-0.2, 0) is 16.1 Å². The van der Waals surface area contributed by atoms with Gasteiger partial charge in [-0.3, -0.25) is 4.79 Å². The number of hydrogen-bond donors (Lipinski definition) is 2. The summed E-state index contributed by atoms with van der Waals surface area (Å²) >= 11 is 0. The Morgan fingerprint density at radius 2 is 1.94 bits per heavy atom. The van der Waals surface area contributed by atoms with Gasteiger partial charge in [0.05, 0.1) is 13.2 Å². The molecule has 0 fully saturated rings. The van der Waals surface area contributed by atoms with Crippen LogP contribution in [0.4, 0.5) is 0 Å². The van der Waals surface area contributed by atoms with E-state index in [4.69, 9.17) is 4.74 Å². The lowest BCUT2D eigenvalue weighted by Crippen LogP contribution is -2.29. The van der Waals surface area contributed by atoms with Crippen LogP contribution in [0.15, 0.2) is 30.3 Å². The van der Waals surface area contributed by atoms with Gasteiger partial charge >= 0.3 is 0 Å². The molecule has 1 rings (SSSR count). The molecule has 0 saturated carbocycles. The van der Waals surface area contributed by atoms with Crippen LogP contribution >= 0.6 is 12.4 Å². The van der Waals surface area contributed by atoms with Crippen molar-refractivity contribution in [2.45, 2.75) is 13.0 Å². The van der Waals surface area contributed by atoms with Crippen LogP contribution in [0.5, 0.6) is 0 Å². The zero-order chi connectivity index (χ0) is 12.3. The fourth-order valence-corrected chi connectivity index (χ4v) is 1.35. The summed E-state index contributed by atoms with van der Waals surface area (Å²) in [6, 6.07) is 9.99. The van der Waals surface area contributed by atoms with Crippen LogP contribution in [0.1, 0.15) is 12.0 Å². The van der Waals surface area contributed by atoms with Crippen LogP contribution in [0, 0.1) is 0 Å². The highest BCUT2D eigenvalue weighted by Gasteiger charge is 1.98. The molecule has 1 aromatic rings. The lowest BCUT2D eigenvalue weighted by Gasteiger charge is -2.06. The molecule has 18 heavy (non-hydrogen) atoms. The second-order valence-corrected chi connectivity index (χ2v) is 3.74. The van der Waals surface area contributed by atoms with Crippen molar-refractivity contribution in [2.24, 2.45) is 0 Å². The molecule has 0 aromatic heterocycles. The molecule has 1 aromatic carbocycles. The Hall–Kier alpha value is -1.10. The number of hydrogen-bond acceptors (Lipinski definition) is 3. The van der Waals surface area contributed by atoms with E-state index >= 15 is 0 Å². The highest BCUT2D eigenvalue weighted by atomic mass is 35.5. The maximum Gasteiger partial charge on any atom is 0.221 e. The second kappa shape index (κ2) is 11.0. The fraction of sp³-hybridized carbons (Fsp3) is 0.462. The van der Waals surface area contributed by atoms with Crippen molar-refractivity contribution in [2.75, 3.05) is 26.7 Å². The summed E-state index contributed by atoms with van der Waals surface area (Å²) in [7, 11) is 1.83. The van der Waals surface area contributed by atoms with E-state index in [9.17, 15) is 4.79 Å². The van der Waals surface area contributed by atoms with Gasteiger partial charge in [-0.2, -0.15) is 0 Å². The van der Waals surface area contributed by atoms with Crippen LogP contribution in [0.3, 0.4) is 0 Å². The van der Waals surface area contributed by atoms with Gasteiger partial charge in [-0.25, -0.2) is 0 Å². The van der Waals surface area contributed by atoms with E-state index in [1.165, 1.54) is 0 Å². The zero-order valence-corrected chi connectivity index (χ0v) is 11.5. The monoisotopic (exact) mass is 272 g/mol. The van der Waals surface area contributed by atoms with Crippen molar-refractivity contribution in [1.29, 1.82) is 0 Å². The Morgan fingerprint density at radius 1 is 1.22 bits per heavy atom. The molecule has 4 nitrogen and oxygen atoms in total. The zero-order valence-electron chi connectivity index (χ0n) is 10.6. The first-order chi connectivity index (χ1) is 8.33. The minimum Gasteiger partial charge on any atom is -0.375 e. The Morgan fingerprint density at radius 3 is 2.61 bits per heavy atom. The number of amides is 1. The number of carbonyl (C=O) groups is 1. The quantitative estimate of drug-likeness (QED) is 0.703. The fourth-order valence-electron chi connectivity index (χ4n) is 1.35. The minimum absolute atomic E-state index is 0. The number of nitrogens with one attached hydrogen (secondary N) is 2. The van der Waals surface area contributed by atoms with Crippen molar-refractivity contribution >= 4 is 18.3 Å². The molecule has 0 spiro atoms. The molecule has 0 heterocycles. The van der Waals surface area contributed by atoms with Crippen LogP contribution < -0.4 is 10.6 Å². The molecule has 0 unspecified atom stereocenters. The van der Waals surface area contributed by atoms with E-state index in [0.717, 1.165) is 5.56 Å². The Balaban J connectivity index is 0.00000289. The third-order valence-electron chi connectivity index (χ3n) is 2.28. The second-order valence-electron chi connectivity index (χ2n) is 3.74. The van der Waals surface area contributed by atoms with E-state index in [0.29, 0.717) is 32.7 Å². The van der Waals surface area contributed by atoms with Gasteiger partial charge in [-0.05, 0) is 12.6 Å². The first kappa shape index (κ1) is 16.9. The van der Waals surface area contributed by atoms with Gasteiger partial charge in [0.25, 0.3) is 0 Å². The predicted octanol–water partition coefficient (Wildman–Crippen LogP) is 1.35. The van der Waals surface area contributed by atoms with Gasteiger partial charge in [0.15, 0.2) is 0 Å². The lowest BCUT2D eigenvalue weighted by atomic mass is 10.2. The lowest BCUT2D eigenvalue weighted by molar-refractivity contribution is -0.121. The highest BCUT2D eigenvalue weighted by Crippen LogP contribution is 1.99. The third-order valence-corrected chi connectivity index (χ3v) is 2.28. The van der Waals surface area contributed by atoms with E-state index in [1.54, 1.807) is 0 Å². The van der Waals surface area contributed by atoms with Gasteiger partial charge in [0, 0.05) is 19.5 Å². The van der Waals surface area contributed by atoms with Gasteiger partial charge in [0.2, 0.25) is 5.91 Å². The Labute approximate surface area is 115 Å².